The van der Waals surface area contributed by atoms with Gasteiger partial charge in [-0.05, 0) is 43.9 Å². The molecule has 0 N–H and O–H groups in total. The maximum Gasteiger partial charge on any atom is 0.219 e. The van der Waals surface area contributed by atoms with Crippen molar-refractivity contribution < 1.29 is 4.79 Å². The molecule has 4 rings (SSSR count). The minimum atomic E-state index is 0.233. The first-order valence-electron chi connectivity index (χ1n) is 9.08. The van der Waals surface area contributed by atoms with Gasteiger partial charge >= 0.3 is 0 Å². The van der Waals surface area contributed by atoms with Gasteiger partial charge in [0.2, 0.25) is 5.91 Å². The van der Waals surface area contributed by atoms with Gasteiger partial charge in [-0.25, -0.2) is 0 Å². The highest BCUT2D eigenvalue weighted by Crippen LogP contribution is 2.31. The number of benzene rings is 1. The van der Waals surface area contributed by atoms with Gasteiger partial charge in [0.25, 0.3) is 0 Å². The number of rotatable bonds is 3. The van der Waals surface area contributed by atoms with Crippen LogP contribution in [-0.4, -0.2) is 45.9 Å². The number of fused-ring (bicyclic) bond motifs is 1. The maximum absolute atomic E-state index is 12.0. The van der Waals surface area contributed by atoms with Crippen LogP contribution in [-0.2, 0) is 11.3 Å². The number of carbonyl (C=O) groups excluding carboxylic acids is 1. The average molecular weight is 323 g/mol. The van der Waals surface area contributed by atoms with Crippen molar-refractivity contribution >= 4 is 16.8 Å². The van der Waals surface area contributed by atoms with Gasteiger partial charge in [0.15, 0.2) is 0 Å². The van der Waals surface area contributed by atoms with E-state index in [9.17, 15) is 4.79 Å². The van der Waals surface area contributed by atoms with E-state index in [2.05, 4.69) is 39.0 Å². The molecule has 2 aliphatic rings. The molecule has 2 saturated heterocycles. The Morgan fingerprint density at radius 3 is 2.79 bits per heavy atom. The fourth-order valence-corrected chi connectivity index (χ4v) is 4.58. The third-order valence-corrected chi connectivity index (χ3v) is 5.65. The number of aromatic nitrogens is 1. The predicted molar refractivity (Wildman–Crippen MR) is 95.6 cm³/mol. The standard InChI is InChI=1S/C20H25N3O/c1-15(24)23-13-5-10-19(23)18-9-4-12-22(18)14-17-7-2-6-16-8-3-11-21-20(16)17/h2-3,6-8,11,18-19H,4-5,9-10,12-14H2,1H3. The molecule has 0 bridgehead atoms. The number of likely N-dealkylation sites (tertiary alicyclic amines) is 2. The van der Waals surface area contributed by atoms with Crippen LogP contribution in [0.25, 0.3) is 10.9 Å². The summed E-state index contributed by atoms with van der Waals surface area (Å²) in [5, 5.41) is 1.21. The summed E-state index contributed by atoms with van der Waals surface area (Å²) >= 11 is 0. The van der Waals surface area contributed by atoms with Crippen molar-refractivity contribution in [3.8, 4) is 0 Å². The van der Waals surface area contributed by atoms with Crippen LogP contribution in [0.3, 0.4) is 0 Å². The van der Waals surface area contributed by atoms with Gasteiger partial charge < -0.3 is 4.90 Å². The lowest BCUT2D eigenvalue weighted by molar-refractivity contribution is -0.130. The summed E-state index contributed by atoms with van der Waals surface area (Å²) in [5.74, 6) is 0.233. The number of pyridine rings is 1. The molecule has 2 aromatic rings. The molecule has 24 heavy (non-hydrogen) atoms. The molecule has 0 aliphatic carbocycles. The highest BCUT2D eigenvalue weighted by molar-refractivity contribution is 5.81. The van der Waals surface area contributed by atoms with Crippen molar-refractivity contribution in [3.63, 3.8) is 0 Å². The Kier molecular flexibility index (Phi) is 4.23. The normalized spacial score (nSPS) is 24.8. The van der Waals surface area contributed by atoms with E-state index < -0.39 is 0 Å². The molecule has 4 nitrogen and oxygen atoms in total. The Labute approximate surface area is 143 Å². The molecule has 4 heteroatoms. The molecular formula is C20H25N3O. The Balaban J connectivity index is 1.58. The van der Waals surface area contributed by atoms with Gasteiger partial charge in [0.05, 0.1) is 5.52 Å². The Bertz CT molecular complexity index is 739. The highest BCUT2D eigenvalue weighted by Gasteiger charge is 2.38. The van der Waals surface area contributed by atoms with E-state index >= 15 is 0 Å². The minimum absolute atomic E-state index is 0.233. The summed E-state index contributed by atoms with van der Waals surface area (Å²) in [5.41, 5.74) is 2.41. The summed E-state index contributed by atoms with van der Waals surface area (Å²) in [6.45, 7) is 4.70. The lowest BCUT2D eigenvalue weighted by Gasteiger charge is -2.34. The number of para-hydroxylation sites is 1. The SMILES string of the molecule is CC(=O)N1CCCC1C1CCCN1Cc1cccc2cccnc12. The zero-order chi connectivity index (χ0) is 16.5. The van der Waals surface area contributed by atoms with E-state index in [4.69, 9.17) is 0 Å². The summed E-state index contributed by atoms with van der Waals surface area (Å²) in [6.07, 6.45) is 6.60. The van der Waals surface area contributed by atoms with Crippen molar-refractivity contribution in [1.82, 2.24) is 14.8 Å². The van der Waals surface area contributed by atoms with Gasteiger partial charge in [-0.3, -0.25) is 14.7 Å². The number of carbonyl (C=O) groups is 1. The molecule has 1 aromatic carbocycles. The molecule has 1 aromatic heterocycles. The van der Waals surface area contributed by atoms with Gasteiger partial charge in [-0.1, -0.05) is 24.3 Å². The second-order valence-electron chi connectivity index (χ2n) is 7.09. The first-order chi connectivity index (χ1) is 11.7. The largest absolute Gasteiger partial charge is 0.338 e. The fraction of sp³-hybridized carbons (Fsp3) is 0.500. The molecule has 0 radical (unpaired) electrons. The molecule has 0 spiro atoms. The topological polar surface area (TPSA) is 36.4 Å². The molecular weight excluding hydrogens is 298 g/mol. The van der Waals surface area contributed by atoms with Gasteiger partial charge in [-0.2, -0.15) is 0 Å². The van der Waals surface area contributed by atoms with Crippen LogP contribution >= 0.6 is 0 Å². The van der Waals surface area contributed by atoms with Gasteiger partial charge in [-0.15, -0.1) is 0 Å². The summed E-state index contributed by atoms with van der Waals surface area (Å²) in [7, 11) is 0. The molecule has 2 atom stereocenters. The van der Waals surface area contributed by atoms with E-state index in [-0.39, 0.29) is 5.91 Å². The quantitative estimate of drug-likeness (QED) is 0.870. The van der Waals surface area contributed by atoms with Gasteiger partial charge in [0.1, 0.15) is 0 Å². The molecule has 1 amide bonds. The third-order valence-electron chi connectivity index (χ3n) is 5.65. The first-order valence-corrected chi connectivity index (χ1v) is 9.08. The van der Waals surface area contributed by atoms with Crippen LogP contribution in [0.15, 0.2) is 36.5 Å². The molecule has 2 fully saturated rings. The van der Waals surface area contributed by atoms with Crippen LogP contribution in [0, 0.1) is 0 Å². The van der Waals surface area contributed by atoms with Crippen LogP contribution in [0.1, 0.15) is 38.2 Å². The fourth-order valence-electron chi connectivity index (χ4n) is 4.58. The second-order valence-corrected chi connectivity index (χ2v) is 7.09. The van der Waals surface area contributed by atoms with Crippen molar-refractivity contribution in [1.29, 1.82) is 0 Å². The van der Waals surface area contributed by atoms with E-state index in [1.54, 1.807) is 6.92 Å². The van der Waals surface area contributed by atoms with Crippen molar-refractivity contribution in [2.75, 3.05) is 13.1 Å². The zero-order valence-corrected chi connectivity index (χ0v) is 14.3. The van der Waals surface area contributed by atoms with E-state index in [0.717, 1.165) is 38.0 Å². The maximum atomic E-state index is 12.0. The number of hydrogen-bond acceptors (Lipinski definition) is 3. The van der Waals surface area contributed by atoms with E-state index in [1.807, 2.05) is 12.3 Å². The van der Waals surface area contributed by atoms with Crippen LogP contribution < -0.4 is 0 Å². The average Bonchev–Trinajstić information content (AvgIpc) is 3.23. The van der Waals surface area contributed by atoms with E-state index in [1.165, 1.54) is 23.8 Å². The molecule has 0 saturated carbocycles. The predicted octanol–water partition coefficient (Wildman–Crippen LogP) is 3.21. The van der Waals surface area contributed by atoms with Crippen molar-refractivity contribution in [2.24, 2.45) is 0 Å². The minimum Gasteiger partial charge on any atom is -0.338 e. The molecule has 126 valence electrons. The monoisotopic (exact) mass is 323 g/mol. The Hall–Kier alpha value is -1.94. The summed E-state index contributed by atoms with van der Waals surface area (Å²) in [6, 6.07) is 11.5. The van der Waals surface area contributed by atoms with Crippen LogP contribution in [0.4, 0.5) is 0 Å². The Morgan fingerprint density at radius 2 is 1.92 bits per heavy atom. The lowest BCUT2D eigenvalue weighted by Crippen LogP contribution is -2.47. The highest BCUT2D eigenvalue weighted by atomic mass is 16.2. The van der Waals surface area contributed by atoms with E-state index in [0.29, 0.717) is 12.1 Å². The third kappa shape index (κ3) is 2.80. The smallest absolute Gasteiger partial charge is 0.219 e. The number of nitrogens with zero attached hydrogens (tertiary/aromatic N) is 3. The van der Waals surface area contributed by atoms with Crippen LogP contribution in [0.2, 0.25) is 0 Å². The van der Waals surface area contributed by atoms with Gasteiger partial charge in [0, 0.05) is 43.7 Å². The van der Waals surface area contributed by atoms with Crippen molar-refractivity contribution in [3.05, 3.63) is 42.1 Å². The van der Waals surface area contributed by atoms with Crippen molar-refractivity contribution in [2.45, 2.75) is 51.2 Å². The van der Waals surface area contributed by atoms with Crippen LogP contribution in [0.5, 0.6) is 0 Å². The molecule has 2 aliphatic heterocycles. The summed E-state index contributed by atoms with van der Waals surface area (Å²) in [4.78, 5) is 21.2. The second kappa shape index (κ2) is 6.52. The lowest BCUT2D eigenvalue weighted by atomic mass is 10.0. The number of amides is 1. The number of hydrogen-bond donors (Lipinski definition) is 0. The zero-order valence-electron chi connectivity index (χ0n) is 14.3. The first kappa shape index (κ1) is 15.6. The molecule has 3 heterocycles. The summed E-state index contributed by atoms with van der Waals surface area (Å²) < 4.78 is 0. The Morgan fingerprint density at radius 1 is 1.12 bits per heavy atom. The molecule has 2 unspecified atom stereocenters.